The summed E-state index contributed by atoms with van der Waals surface area (Å²) in [6.07, 6.45) is 6.75. The third-order valence-electron chi connectivity index (χ3n) is 6.61. The Balaban J connectivity index is 1.20. The molecule has 0 N–H and O–H groups in total. The van der Waals surface area contributed by atoms with Crippen molar-refractivity contribution in [2.75, 3.05) is 39.3 Å². The molecule has 0 bridgehead atoms. The molecule has 0 radical (unpaired) electrons. The number of carbonyl (C=O) groups is 1. The van der Waals surface area contributed by atoms with Crippen LogP contribution in [0, 0.1) is 5.92 Å². The van der Waals surface area contributed by atoms with Crippen LogP contribution < -0.4 is 0 Å². The van der Waals surface area contributed by atoms with Crippen LogP contribution in [0.3, 0.4) is 0 Å². The number of hydrogen-bond acceptors (Lipinski definition) is 4. The number of pyridine rings is 1. The minimum absolute atomic E-state index is 0.201. The first kappa shape index (κ1) is 21.0. The SMILES string of the molecule is CCc1ccc(CN2CCN(C(=O)C3CCN(Cc4ccncc4)CC3)CC2)cc1. The third-order valence-corrected chi connectivity index (χ3v) is 6.61. The molecular weight excluding hydrogens is 372 g/mol. The second-order valence-electron chi connectivity index (χ2n) is 8.68. The van der Waals surface area contributed by atoms with E-state index in [1.807, 2.05) is 12.4 Å². The molecule has 30 heavy (non-hydrogen) atoms. The number of carbonyl (C=O) groups excluding carboxylic acids is 1. The number of hydrogen-bond donors (Lipinski definition) is 0. The van der Waals surface area contributed by atoms with Crippen molar-refractivity contribution in [2.45, 2.75) is 39.3 Å². The predicted molar refractivity (Wildman–Crippen MR) is 120 cm³/mol. The quantitative estimate of drug-likeness (QED) is 0.739. The normalized spacial score (nSPS) is 19.2. The minimum Gasteiger partial charge on any atom is -0.340 e. The molecule has 0 unspecified atom stereocenters. The number of rotatable bonds is 6. The number of amides is 1. The molecular formula is C25H34N4O. The van der Waals surface area contributed by atoms with Crippen molar-refractivity contribution < 1.29 is 4.79 Å². The van der Waals surface area contributed by atoms with Gasteiger partial charge in [0.1, 0.15) is 0 Å². The Kier molecular flexibility index (Phi) is 7.13. The highest BCUT2D eigenvalue weighted by Gasteiger charge is 2.30. The molecule has 5 nitrogen and oxygen atoms in total. The number of aromatic nitrogens is 1. The van der Waals surface area contributed by atoms with Crippen LogP contribution in [0.2, 0.25) is 0 Å². The highest BCUT2D eigenvalue weighted by molar-refractivity contribution is 5.79. The fraction of sp³-hybridized carbons (Fsp3) is 0.520. The van der Waals surface area contributed by atoms with Crippen LogP contribution in [0.1, 0.15) is 36.5 Å². The molecule has 2 aliphatic rings. The third kappa shape index (κ3) is 5.46. The predicted octanol–water partition coefficient (Wildman–Crippen LogP) is 3.20. The van der Waals surface area contributed by atoms with Crippen LogP contribution in [-0.4, -0.2) is 64.9 Å². The van der Waals surface area contributed by atoms with Gasteiger partial charge in [0.05, 0.1) is 0 Å². The molecule has 2 saturated heterocycles. The molecule has 1 amide bonds. The van der Waals surface area contributed by atoms with Crippen LogP contribution in [0.4, 0.5) is 0 Å². The summed E-state index contributed by atoms with van der Waals surface area (Å²) in [5.74, 6) is 0.581. The van der Waals surface area contributed by atoms with Crippen molar-refractivity contribution in [1.82, 2.24) is 19.7 Å². The average molecular weight is 407 g/mol. The van der Waals surface area contributed by atoms with Crippen LogP contribution >= 0.6 is 0 Å². The van der Waals surface area contributed by atoms with Crippen molar-refractivity contribution in [3.05, 3.63) is 65.5 Å². The molecule has 2 fully saturated rings. The summed E-state index contributed by atoms with van der Waals surface area (Å²) >= 11 is 0. The Morgan fingerprint density at radius 3 is 1.93 bits per heavy atom. The van der Waals surface area contributed by atoms with Gasteiger partial charge >= 0.3 is 0 Å². The summed E-state index contributed by atoms with van der Waals surface area (Å²) in [6, 6.07) is 13.1. The van der Waals surface area contributed by atoms with E-state index in [0.29, 0.717) is 5.91 Å². The fourth-order valence-electron chi connectivity index (χ4n) is 4.61. The van der Waals surface area contributed by atoms with Crippen molar-refractivity contribution in [3.8, 4) is 0 Å². The van der Waals surface area contributed by atoms with E-state index in [1.54, 1.807) is 0 Å². The molecule has 0 aliphatic carbocycles. The standard InChI is InChI=1S/C25H34N4O/c1-2-21-3-5-22(6-4-21)19-28-15-17-29(18-16-28)25(30)24-9-13-27(14-10-24)20-23-7-11-26-12-8-23/h3-8,11-12,24H,2,9-10,13-20H2,1H3. The molecule has 0 atom stereocenters. The summed E-state index contributed by atoms with van der Waals surface area (Å²) < 4.78 is 0. The lowest BCUT2D eigenvalue weighted by Gasteiger charge is -2.38. The Morgan fingerprint density at radius 2 is 1.33 bits per heavy atom. The first-order valence-electron chi connectivity index (χ1n) is 11.4. The largest absolute Gasteiger partial charge is 0.340 e. The van der Waals surface area contributed by atoms with Gasteiger partial charge in [-0.1, -0.05) is 31.2 Å². The van der Waals surface area contributed by atoms with Gasteiger partial charge in [-0.25, -0.2) is 0 Å². The molecule has 1 aromatic heterocycles. The molecule has 0 saturated carbocycles. The highest BCUT2D eigenvalue weighted by atomic mass is 16.2. The summed E-state index contributed by atoms with van der Waals surface area (Å²) in [6.45, 7) is 9.83. The Bertz CT molecular complexity index is 792. The van der Waals surface area contributed by atoms with Gasteiger partial charge < -0.3 is 4.90 Å². The monoisotopic (exact) mass is 406 g/mol. The van der Waals surface area contributed by atoms with E-state index in [2.05, 4.69) is 63.0 Å². The number of piperazine rings is 1. The van der Waals surface area contributed by atoms with Crippen molar-refractivity contribution in [1.29, 1.82) is 0 Å². The van der Waals surface area contributed by atoms with Gasteiger partial charge in [-0.05, 0) is 61.2 Å². The smallest absolute Gasteiger partial charge is 0.225 e. The maximum absolute atomic E-state index is 13.0. The molecule has 4 rings (SSSR count). The number of nitrogens with zero attached hydrogens (tertiary/aromatic N) is 4. The zero-order chi connectivity index (χ0) is 20.8. The maximum Gasteiger partial charge on any atom is 0.225 e. The molecule has 1 aromatic carbocycles. The van der Waals surface area contributed by atoms with Crippen LogP contribution in [0.15, 0.2) is 48.8 Å². The molecule has 2 aromatic rings. The van der Waals surface area contributed by atoms with Crippen LogP contribution in [-0.2, 0) is 24.3 Å². The second-order valence-corrected chi connectivity index (χ2v) is 8.68. The summed E-state index contributed by atoms with van der Waals surface area (Å²) in [5, 5.41) is 0. The molecule has 5 heteroatoms. The van der Waals surface area contributed by atoms with E-state index in [0.717, 1.165) is 71.6 Å². The zero-order valence-corrected chi connectivity index (χ0v) is 18.2. The van der Waals surface area contributed by atoms with E-state index >= 15 is 0 Å². The van der Waals surface area contributed by atoms with E-state index in [1.165, 1.54) is 16.7 Å². The summed E-state index contributed by atoms with van der Waals surface area (Å²) in [4.78, 5) is 24.2. The van der Waals surface area contributed by atoms with Crippen LogP contribution in [0.25, 0.3) is 0 Å². The summed E-state index contributed by atoms with van der Waals surface area (Å²) in [7, 11) is 0. The van der Waals surface area contributed by atoms with Gasteiger partial charge in [0.15, 0.2) is 0 Å². The molecule has 2 aliphatic heterocycles. The molecule has 0 spiro atoms. The van der Waals surface area contributed by atoms with E-state index in [4.69, 9.17) is 0 Å². The first-order valence-corrected chi connectivity index (χ1v) is 11.4. The van der Waals surface area contributed by atoms with E-state index < -0.39 is 0 Å². The van der Waals surface area contributed by atoms with E-state index in [9.17, 15) is 4.79 Å². The minimum atomic E-state index is 0.201. The molecule has 3 heterocycles. The van der Waals surface area contributed by atoms with Gasteiger partial charge in [-0.15, -0.1) is 0 Å². The maximum atomic E-state index is 13.0. The Morgan fingerprint density at radius 1 is 0.800 bits per heavy atom. The number of likely N-dealkylation sites (tertiary alicyclic amines) is 1. The van der Waals surface area contributed by atoms with Gasteiger partial charge in [0.2, 0.25) is 5.91 Å². The number of aryl methyl sites for hydroxylation is 1. The Hall–Kier alpha value is -2.24. The number of benzene rings is 1. The lowest BCUT2D eigenvalue weighted by molar-refractivity contribution is -0.139. The van der Waals surface area contributed by atoms with Crippen molar-refractivity contribution >= 4 is 5.91 Å². The van der Waals surface area contributed by atoms with Crippen molar-refractivity contribution in [2.24, 2.45) is 5.92 Å². The highest BCUT2D eigenvalue weighted by Crippen LogP contribution is 2.22. The topological polar surface area (TPSA) is 39.7 Å². The average Bonchev–Trinajstić information content (AvgIpc) is 2.81. The van der Waals surface area contributed by atoms with Gasteiger partial charge in [-0.2, -0.15) is 0 Å². The lowest BCUT2D eigenvalue weighted by atomic mass is 9.94. The van der Waals surface area contributed by atoms with Gasteiger partial charge in [0.25, 0.3) is 0 Å². The fourth-order valence-corrected chi connectivity index (χ4v) is 4.61. The first-order chi connectivity index (χ1) is 14.7. The van der Waals surface area contributed by atoms with Gasteiger partial charge in [0, 0.05) is 57.6 Å². The summed E-state index contributed by atoms with van der Waals surface area (Å²) in [5.41, 5.74) is 4.06. The van der Waals surface area contributed by atoms with E-state index in [-0.39, 0.29) is 5.92 Å². The van der Waals surface area contributed by atoms with Gasteiger partial charge in [-0.3, -0.25) is 19.6 Å². The second kappa shape index (κ2) is 10.2. The lowest BCUT2D eigenvalue weighted by Crippen LogP contribution is -2.51. The Labute approximate surface area is 180 Å². The zero-order valence-electron chi connectivity index (χ0n) is 18.2. The number of piperidine rings is 1. The molecule has 160 valence electrons. The van der Waals surface area contributed by atoms with Crippen molar-refractivity contribution in [3.63, 3.8) is 0 Å². The van der Waals surface area contributed by atoms with Crippen LogP contribution in [0.5, 0.6) is 0 Å².